The van der Waals surface area contributed by atoms with Crippen LogP contribution in [0.4, 0.5) is 22.2 Å². The van der Waals surface area contributed by atoms with Crippen molar-refractivity contribution in [3.05, 3.63) is 71.2 Å². The van der Waals surface area contributed by atoms with Crippen LogP contribution in [0, 0.1) is 0 Å². The van der Waals surface area contributed by atoms with Crippen LogP contribution in [0.15, 0.2) is 76.6 Å². The van der Waals surface area contributed by atoms with E-state index in [1.807, 2.05) is 60.7 Å². The fraction of sp³-hybridized carbons (Fsp3) is 0. The molecule has 31 heavy (non-hydrogen) atoms. The average Bonchev–Trinajstić information content (AvgIpc) is 3.41. The normalized spacial score (nSPS) is 15.3. The van der Waals surface area contributed by atoms with Gasteiger partial charge in [0.1, 0.15) is 9.15 Å². The smallest absolute Gasteiger partial charge is 0.242 e. The fourth-order valence-corrected chi connectivity index (χ4v) is 5.69. The molecule has 5 rings (SSSR count). The first kappa shape index (κ1) is 20.0. The second-order valence-corrected chi connectivity index (χ2v) is 10.1. The minimum Gasteiger partial charge on any atom is -0.356 e. The molecule has 0 unspecified atom stereocenters. The number of carbonyl (C=O) groups is 1. The van der Waals surface area contributed by atoms with Crippen LogP contribution in [0.3, 0.4) is 0 Å². The van der Waals surface area contributed by atoms with Gasteiger partial charge in [-0.2, -0.15) is 0 Å². The molecule has 6 nitrogen and oxygen atoms in total. The minimum atomic E-state index is -0.0609. The van der Waals surface area contributed by atoms with E-state index in [0.29, 0.717) is 15.1 Å². The molecule has 3 heterocycles. The Hall–Kier alpha value is -2.92. The van der Waals surface area contributed by atoms with Crippen molar-refractivity contribution in [1.29, 1.82) is 0 Å². The zero-order valence-electron chi connectivity index (χ0n) is 15.7. The van der Waals surface area contributed by atoms with Crippen molar-refractivity contribution in [2.45, 2.75) is 0 Å². The van der Waals surface area contributed by atoms with E-state index in [4.69, 9.17) is 12.2 Å². The molecule has 2 N–H and O–H groups in total. The highest BCUT2D eigenvalue weighted by molar-refractivity contribution is 8.33. The van der Waals surface area contributed by atoms with Gasteiger partial charge in [0.25, 0.3) is 0 Å². The molecule has 152 valence electrons. The molecule has 10 heteroatoms. The number of fused-ring (bicyclic) bond motifs is 1. The molecular formula is C21H13N5OS4. The maximum atomic E-state index is 11.8. The van der Waals surface area contributed by atoms with Crippen molar-refractivity contribution in [2.24, 2.45) is 10.2 Å². The summed E-state index contributed by atoms with van der Waals surface area (Å²) in [5.74, 6) is 0. The highest BCUT2D eigenvalue weighted by Gasteiger charge is 2.22. The highest BCUT2D eigenvalue weighted by Crippen LogP contribution is 2.36. The van der Waals surface area contributed by atoms with Crippen molar-refractivity contribution in [2.75, 3.05) is 5.32 Å². The van der Waals surface area contributed by atoms with Gasteiger partial charge in [-0.1, -0.05) is 41.8 Å². The van der Waals surface area contributed by atoms with Crippen LogP contribution < -0.4 is 10.6 Å². The topological polar surface area (TPSA) is 78.7 Å². The predicted octanol–water partition coefficient (Wildman–Crippen LogP) is 7.01. The van der Waals surface area contributed by atoms with Crippen molar-refractivity contribution in [3.63, 3.8) is 0 Å². The van der Waals surface area contributed by atoms with Crippen LogP contribution in [-0.4, -0.2) is 14.4 Å². The van der Waals surface area contributed by atoms with Crippen molar-refractivity contribution in [3.8, 4) is 0 Å². The molecule has 0 amide bonds. The van der Waals surface area contributed by atoms with Gasteiger partial charge in [-0.05, 0) is 60.3 Å². The minimum absolute atomic E-state index is 0.0609. The first-order chi connectivity index (χ1) is 15.1. The number of rotatable bonds is 5. The van der Waals surface area contributed by atoms with E-state index in [-0.39, 0.29) is 5.12 Å². The number of azo groups is 1. The van der Waals surface area contributed by atoms with Gasteiger partial charge in [0.2, 0.25) is 10.2 Å². The Morgan fingerprint density at radius 3 is 2.48 bits per heavy atom. The highest BCUT2D eigenvalue weighted by atomic mass is 32.2. The third-order valence-corrected chi connectivity index (χ3v) is 7.24. The first-order valence-electron chi connectivity index (χ1n) is 9.11. The number of benzene rings is 2. The van der Waals surface area contributed by atoms with Gasteiger partial charge in [0.15, 0.2) is 0 Å². The Labute approximate surface area is 195 Å². The summed E-state index contributed by atoms with van der Waals surface area (Å²) >= 11 is 9.02. The Balaban J connectivity index is 1.27. The SMILES string of the molecule is O=C1SC(=S)N/C1=C/c1cc2sc(N=Nc3ccc(Nc4ccccc4)cc3)nc2s1. The molecule has 2 aromatic heterocycles. The summed E-state index contributed by atoms with van der Waals surface area (Å²) in [6, 6.07) is 19.7. The van der Waals surface area contributed by atoms with Gasteiger partial charge in [0.05, 0.1) is 16.1 Å². The van der Waals surface area contributed by atoms with Gasteiger partial charge in [0, 0.05) is 16.3 Å². The lowest BCUT2D eigenvalue weighted by Gasteiger charge is -2.05. The number of thiazole rings is 1. The number of anilines is 2. The zero-order chi connectivity index (χ0) is 21.2. The van der Waals surface area contributed by atoms with Gasteiger partial charge >= 0.3 is 0 Å². The summed E-state index contributed by atoms with van der Waals surface area (Å²) in [6.07, 6.45) is 1.81. The van der Waals surface area contributed by atoms with Crippen molar-refractivity contribution in [1.82, 2.24) is 10.3 Å². The molecule has 0 radical (unpaired) electrons. The molecule has 0 saturated carbocycles. The summed E-state index contributed by atoms with van der Waals surface area (Å²) < 4.78 is 1.49. The third-order valence-electron chi connectivity index (χ3n) is 4.21. The molecule has 0 aliphatic carbocycles. The summed E-state index contributed by atoms with van der Waals surface area (Å²) in [7, 11) is 0. The summed E-state index contributed by atoms with van der Waals surface area (Å²) in [4.78, 5) is 18.2. The number of nitrogens with zero attached hydrogens (tertiary/aromatic N) is 3. The third kappa shape index (κ3) is 4.72. The van der Waals surface area contributed by atoms with E-state index in [2.05, 4.69) is 25.8 Å². The van der Waals surface area contributed by atoms with Crippen molar-refractivity contribution >= 4 is 93.9 Å². The summed E-state index contributed by atoms with van der Waals surface area (Å²) in [5, 5.41) is 15.3. The van der Waals surface area contributed by atoms with Crippen LogP contribution in [0.2, 0.25) is 0 Å². The molecule has 0 bridgehead atoms. The number of thiophene rings is 1. The number of carbonyl (C=O) groups excluding carboxylic acids is 1. The second-order valence-electron chi connectivity index (χ2n) is 6.41. The molecule has 2 aromatic carbocycles. The number of hydrogen-bond acceptors (Lipinski definition) is 9. The number of thioether (sulfide) groups is 1. The monoisotopic (exact) mass is 479 g/mol. The quantitative estimate of drug-likeness (QED) is 0.182. The van der Waals surface area contributed by atoms with E-state index < -0.39 is 0 Å². The zero-order valence-corrected chi connectivity index (χ0v) is 19.0. The summed E-state index contributed by atoms with van der Waals surface area (Å²) in [6.45, 7) is 0. The number of hydrogen-bond donors (Lipinski definition) is 2. The van der Waals surface area contributed by atoms with Crippen LogP contribution in [0.5, 0.6) is 0 Å². The van der Waals surface area contributed by atoms with E-state index in [1.165, 1.54) is 22.7 Å². The molecule has 1 fully saturated rings. The fourth-order valence-electron chi connectivity index (χ4n) is 2.82. The van der Waals surface area contributed by atoms with Gasteiger partial charge < -0.3 is 10.6 Å². The number of thiocarbonyl (C=S) groups is 1. The Morgan fingerprint density at radius 1 is 1.00 bits per heavy atom. The molecule has 1 aliphatic rings. The molecular weight excluding hydrogens is 467 g/mol. The lowest BCUT2D eigenvalue weighted by Crippen LogP contribution is -2.09. The first-order valence-corrected chi connectivity index (χ1v) is 12.0. The average molecular weight is 480 g/mol. The molecule has 1 saturated heterocycles. The summed E-state index contributed by atoms with van der Waals surface area (Å²) in [5.41, 5.74) is 3.27. The number of nitrogens with one attached hydrogen (secondary N) is 2. The molecule has 0 spiro atoms. The molecule has 4 aromatic rings. The Bertz CT molecular complexity index is 1310. The van der Waals surface area contributed by atoms with Gasteiger partial charge in [-0.15, -0.1) is 21.6 Å². The van der Waals surface area contributed by atoms with Crippen LogP contribution in [-0.2, 0) is 4.79 Å². The second kappa shape index (κ2) is 8.67. The van der Waals surface area contributed by atoms with E-state index >= 15 is 0 Å². The maximum Gasteiger partial charge on any atom is 0.242 e. The molecule has 0 atom stereocenters. The van der Waals surface area contributed by atoms with Crippen LogP contribution in [0.25, 0.3) is 15.6 Å². The van der Waals surface area contributed by atoms with Gasteiger partial charge in [-0.25, -0.2) is 4.98 Å². The van der Waals surface area contributed by atoms with E-state index in [9.17, 15) is 4.79 Å². The lowest BCUT2D eigenvalue weighted by atomic mass is 10.2. The van der Waals surface area contributed by atoms with Gasteiger partial charge in [-0.3, -0.25) is 4.79 Å². The molecule has 1 aliphatic heterocycles. The predicted molar refractivity (Wildman–Crippen MR) is 134 cm³/mol. The van der Waals surface area contributed by atoms with E-state index in [1.54, 1.807) is 6.08 Å². The standard InChI is InChI=1S/C21H13N5OS4/c27-19-16(23-21(28)31-19)10-15-11-17-18(29-15)24-20(30-17)26-25-14-8-6-13(7-9-14)22-12-4-2-1-3-5-12/h1-11,22H,(H,23,28)/b16-10+,26-25?. The number of aromatic nitrogens is 1. The Kier molecular flexibility index (Phi) is 5.60. The van der Waals surface area contributed by atoms with E-state index in [0.717, 1.165) is 43.2 Å². The van der Waals surface area contributed by atoms with Crippen LogP contribution in [0.1, 0.15) is 4.88 Å². The van der Waals surface area contributed by atoms with Crippen LogP contribution >= 0.6 is 46.7 Å². The number of para-hydroxylation sites is 1. The van der Waals surface area contributed by atoms with Crippen molar-refractivity contribution < 1.29 is 4.79 Å². The Morgan fingerprint density at radius 2 is 1.77 bits per heavy atom. The lowest BCUT2D eigenvalue weighted by molar-refractivity contribution is -0.107. The largest absolute Gasteiger partial charge is 0.356 e. The maximum absolute atomic E-state index is 11.8.